The molecule has 0 aliphatic rings. The average molecular weight is 416 g/mol. The summed E-state index contributed by atoms with van der Waals surface area (Å²) in [5.41, 5.74) is 0.0981. The van der Waals surface area contributed by atoms with E-state index in [9.17, 15) is 33.4 Å². The van der Waals surface area contributed by atoms with Crippen molar-refractivity contribution in [3.05, 3.63) is 83.1 Å². The number of amides is 1. The second kappa shape index (κ2) is 9.76. The number of halogens is 3. The van der Waals surface area contributed by atoms with Crippen LogP contribution in [0.15, 0.2) is 72.0 Å². The third-order valence-electron chi connectivity index (χ3n) is 4.17. The molecule has 0 fully saturated rings. The number of nitrogens with zero attached hydrogens (tertiary/aromatic N) is 1. The Kier molecular flexibility index (Phi) is 7.39. The monoisotopic (exact) mass is 416 g/mol. The number of nitrogens with one attached hydrogen (secondary N) is 1. The number of hydrogen-bond acceptors (Lipinski definition) is 4. The number of rotatable bonds is 6. The Balaban J connectivity index is 2.10. The Morgan fingerprint density at radius 2 is 1.77 bits per heavy atom. The minimum atomic E-state index is -4.51. The summed E-state index contributed by atoms with van der Waals surface area (Å²) in [4.78, 5) is 12.2. The first-order valence-corrected chi connectivity index (χ1v) is 8.84. The van der Waals surface area contributed by atoms with Crippen LogP contribution in [0.5, 0.6) is 0 Å². The number of allylic oxidation sites excluding steroid dienone is 1. The van der Waals surface area contributed by atoms with Gasteiger partial charge in [-0.3, -0.25) is 4.79 Å². The lowest BCUT2D eigenvalue weighted by molar-refractivity contribution is -0.137. The summed E-state index contributed by atoms with van der Waals surface area (Å²) >= 11 is 0. The van der Waals surface area contributed by atoms with E-state index >= 15 is 0 Å². The predicted molar refractivity (Wildman–Crippen MR) is 106 cm³/mol. The topological polar surface area (TPSA) is 93.3 Å². The quantitative estimate of drug-likeness (QED) is 0.357. The van der Waals surface area contributed by atoms with Crippen molar-refractivity contribution in [2.75, 3.05) is 5.32 Å². The van der Waals surface area contributed by atoms with E-state index in [1.54, 1.807) is 13.0 Å². The maximum Gasteiger partial charge on any atom is 0.416 e. The van der Waals surface area contributed by atoms with Gasteiger partial charge in [0.1, 0.15) is 11.8 Å². The van der Waals surface area contributed by atoms with Gasteiger partial charge in [0.15, 0.2) is 5.57 Å². The first kappa shape index (κ1) is 22.7. The largest absolute Gasteiger partial charge is 0.511 e. The lowest BCUT2D eigenvalue weighted by Gasteiger charge is -2.11. The predicted octanol–water partition coefficient (Wildman–Crippen LogP) is 4.83. The van der Waals surface area contributed by atoms with Crippen molar-refractivity contribution in [2.45, 2.75) is 25.6 Å². The number of alkyl halides is 3. The number of carbonyl (C=O) groups excluding carboxylic acids is 1. The van der Waals surface area contributed by atoms with Crippen LogP contribution in [-0.2, 0) is 11.0 Å². The summed E-state index contributed by atoms with van der Waals surface area (Å²) in [7, 11) is 0. The van der Waals surface area contributed by atoms with Gasteiger partial charge in [0, 0.05) is 12.1 Å². The highest BCUT2D eigenvalue weighted by molar-refractivity contribution is 6.06. The fourth-order valence-corrected chi connectivity index (χ4v) is 2.63. The first-order valence-electron chi connectivity index (χ1n) is 8.84. The van der Waals surface area contributed by atoms with E-state index in [0.29, 0.717) is 0 Å². The van der Waals surface area contributed by atoms with E-state index in [0.717, 1.165) is 35.4 Å². The van der Waals surface area contributed by atoms with Gasteiger partial charge in [0.05, 0.1) is 11.7 Å². The molecule has 156 valence electrons. The van der Waals surface area contributed by atoms with Crippen molar-refractivity contribution in [3.8, 4) is 6.07 Å². The zero-order chi connectivity index (χ0) is 22.3. The van der Waals surface area contributed by atoms with Crippen LogP contribution in [0, 0.1) is 11.3 Å². The van der Waals surface area contributed by atoms with Crippen molar-refractivity contribution >= 4 is 17.2 Å². The highest BCUT2D eigenvalue weighted by atomic mass is 19.4. The Labute approximate surface area is 171 Å². The van der Waals surface area contributed by atoms with Gasteiger partial charge in [0.2, 0.25) is 0 Å². The molecule has 30 heavy (non-hydrogen) atoms. The summed E-state index contributed by atoms with van der Waals surface area (Å²) in [5.74, 6) is -1.63. The van der Waals surface area contributed by atoms with Crippen LogP contribution in [0.4, 0.5) is 18.9 Å². The second-order valence-corrected chi connectivity index (χ2v) is 6.45. The molecule has 0 bridgehead atoms. The number of hydrogen-bond donors (Lipinski definition) is 3. The molecule has 1 amide bonds. The molecule has 0 aliphatic carbocycles. The van der Waals surface area contributed by atoms with Crippen molar-refractivity contribution in [2.24, 2.45) is 0 Å². The van der Waals surface area contributed by atoms with E-state index in [1.807, 2.05) is 30.3 Å². The van der Waals surface area contributed by atoms with Gasteiger partial charge in [-0.25, -0.2) is 0 Å². The first-order chi connectivity index (χ1) is 14.1. The van der Waals surface area contributed by atoms with Crippen molar-refractivity contribution in [3.63, 3.8) is 0 Å². The number of benzene rings is 2. The summed E-state index contributed by atoms with van der Waals surface area (Å²) in [6, 6.07) is 14.4. The van der Waals surface area contributed by atoms with Gasteiger partial charge < -0.3 is 15.5 Å². The lowest BCUT2D eigenvalue weighted by atomic mass is 10.0. The van der Waals surface area contributed by atoms with Gasteiger partial charge >= 0.3 is 6.18 Å². The second-order valence-electron chi connectivity index (χ2n) is 6.45. The molecule has 0 radical (unpaired) electrons. The molecule has 0 spiro atoms. The third-order valence-corrected chi connectivity index (χ3v) is 4.17. The van der Waals surface area contributed by atoms with E-state index in [1.165, 1.54) is 6.08 Å². The number of aliphatic hydroxyl groups is 2. The van der Waals surface area contributed by atoms with Crippen LogP contribution >= 0.6 is 0 Å². The minimum absolute atomic E-state index is 0.0221. The molecule has 1 atom stereocenters. The number of anilines is 1. The molecule has 2 rings (SSSR count). The number of nitriles is 1. The molecule has 2 aromatic rings. The maximum atomic E-state index is 12.6. The molecule has 0 aromatic heterocycles. The summed E-state index contributed by atoms with van der Waals surface area (Å²) in [5, 5.41) is 31.7. The Bertz CT molecular complexity index is 989. The fraction of sp³-hybridized carbons (Fsp3) is 0.182. The van der Waals surface area contributed by atoms with Crippen molar-refractivity contribution < 1.29 is 28.2 Å². The number of aliphatic hydroxyl groups excluding tert-OH is 2. The summed E-state index contributed by atoms with van der Waals surface area (Å²) < 4.78 is 37.8. The molecular formula is C22H19F3N2O3. The summed E-state index contributed by atoms with van der Waals surface area (Å²) in [6.45, 7) is 1.77. The van der Waals surface area contributed by atoms with Crippen LogP contribution in [0.3, 0.4) is 0 Å². The third kappa shape index (κ3) is 6.22. The Hall–Kier alpha value is -3.57. The lowest BCUT2D eigenvalue weighted by Crippen LogP contribution is -2.17. The van der Waals surface area contributed by atoms with Gasteiger partial charge in [-0.15, -0.1) is 0 Å². The smallest absolute Gasteiger partial charge is 0.416 e. The van der Waals surface area contributed by atoms with E-state index in [2.05, 4.69) is 5.32 Å². The maximum absolute atomic E-state index is 12.6. The van der Waals surface area contributed by atoms with Crippen molar-refractivity contribution in [1.82, 2.24) is 0 Å². The molecule has 2 aromatic carbocycles. The molecule has 0 saturated carbocycles. The van der Waals surface area contributed by atoms with E-state index < -0.39 is 35.1 Å². The van der Waals surface area contributed by atoms with Gasteiger partial charge in [-0.05, 0) is 42.3 Å². The average Bonchev–Trinajstić information content (AvgIpc) is 2.68. The standard InChI is InChI=1S/C22H19F3N2O3/c1-14(15-5-3-2-4-6-15)11-18(28)12-20(29)19(13-26)21(30)27-17-9-7-16(8-10-17)22(23,24)25/h2-11,18,28-29H,12H2,1H3,(H,27,30)/b14-11-,20-19-. The normalized spacial score (nSPS) is 13.8. The van der Waals surface area contributed by atoms with Crippen LogP contribution in [0.1, 0.15) is 24.5 Å². The van der Waals surface area contributed by atoms with E-state index in [4.69, 9.17) is 0 Å². The zero-order valence-electron chi connectivity index (χ0n) is 15.9. The van der Waals surface area contributed by atoms with Gasteiger partial charge in [-0.1, -0.05) is 36.4 Å². The van der Waals surface area contributed by atoms with Gasteiger partial charge in [-0.2, -0.15) is 18.4 Å². The molecule has 3 N–H and O–H groups in total. The van der Waals surface area contributed by atoms with Crippen LogP contribution in [-0.4, -0.2) is 22.2 Å². The van der Waals surface area contributed by atoms with Crippen molar-refractivity contribution in [1.29, 1.82) is 5.26 Å². The minimum Gasteiger partial charge on any atom is -0.511 e. The molecule has 0 heterocycles. The molecule has 1 unspecified atom stereocenters. The molecular weight excluding hydrogens is 397 g/mol. The van der Waals surface area contributed by atoms with Crippen LogP contribution in [0.25, 0.3) is 5.57 Å². The summed E-state index contributed by atoms with van der Waals surface area (Å²) in [6.07, 6.45) is -4.57. The highest BCUT2D eigenvalue weighted by Gasteiger charge is 2.30. The SMILES string of the molecule is C/C(=C/C(O)C/C(O)=C(\C#N)C(=O)Nc1ccc(C(F)(F)F)cc1)c1ccccc1. The number of carbonyl (C=O) groups is 1. The van der Waals surface area contributed by atoms with Crippen LogP contribution < -0.4 is 5.32 Å². The Morgan fingerprint density at radius 1 is 1.17 bits per heavy atom. The molecule has 0 aliphatic heterocycles. The molecule has 5 nitrogen and oxygen atoms in total. The van der Waals surface area contributed by atoms with Crippen LogP contribution in [0.2, 0.25) is 0 Å². The fourth-order valence-electron chi connectivity index (χ4n) is 2.63. The van der Waals surface area contributed by atoms with Gasteiger partial charge in [0.25, 0.3) is 5.91 Å². The zero-order valence-corrected chi connectivity index (χ0v) is 15.9. The molecule has 8 heteroatoms. The molecule has 0 saturated heterocycles. The highest BCUT2D eigenvalue weighted by Crippen LogP contribution is 2.30. The van der Waals surface area contributed by atoms with E-state index in [-0.39, 0.29) is 12.1 Å². The Morgan fingerprint density at radius 3 is 2.30 bits per heavy atom.